The van der Waals surface area contributed by atoms with Crippen LogP contribution in [0.25, 0.3) is 0 Å². The second kappa shape index (κ2) is 6.42. The number of thiazole rings is 1. The van der Waals surface area contributed by atoms with E-state index in [1.165, 1.54) is 36.2 Å². The minimum Gasteiger partial charge on any atom is -0.329 e. The van der Waals surface area contributed by atoms with Gasteiger partial charge in [0.25, 0.3) is 5.91 Å². The summed E-state index contributed by atoms with van der Waals surface area (Å²) in [5.41, 5.74) is 4.18. The molecule has 1 N–H and O–H groups in total. The minimum atomic E-state index is 0.196. The summed E-state index contributed by atoms with van der Waals surface area (Å²) >= 11 is 1.49. The highest BCUT2D eigenvalue weighted by Gasteiger charge is 2.60. The summed E-state index contributed by atoms with van der Waals surface area (Å²) in [5, 5.41) is 3.93. The van der Waals surface area contributed by atoms with E-state index in [2.05, 4.69) is 52.5 Å². The molecule has 2 bridgehead atoms. The van der Waals surface area contributed by atoms with Gasteiger partial charge in [-0.05, 0) is 44.6 Å². The third-order valence-corrected chi connectivity index (χ3v) is 8.14. The number of hydrogen-bond donors (Lipinski definition) is 1. The number of nitrogens with zero attached hydrogens (tertiary/aromatic N) is 2. The first-order valence-electron chi connectivity index (χ1n) is 10.1. The molecule has 3 aliphatic rings. The van der Waals surface area contributed by atoms with Crippen LogP contribution in [0.4, 0.5) is 0 Å². The molecule has 2 saturated heterocycles. The van der Waals surface area contributed by atoms with Crippen molar-refractivity contribution in [1.82, 2.24) is 15.2 Å². The molecule has 0 unspecified atom stereocenters. The van der Waals surface area contributed by atoms with Crippen molar-refractivity contribution in [3.63, 3.8) is 0 Å². The quantitative estimate of drug-likeness (QED) is 0.879. The van der Waals surface area contributed by atoms with E-state index in [0.717, 1.165) is 23.4 Å². The van der Waals surface area contributed by atoms with E-state index < -0.39 is 0 Å². The number of carbonyl (C=O) groups excluding carboxylic acids is 1. The third-order valence-electron chi connectivity index (χ3n) is 7.22. The van der Waals surface area contributed by atoms with E-state index in [0.29, 0.717) is 18.1 Å². The topological polar surface area (TPSA) is 45.2 Å². The lowest BCUT2D eigenvalue weighted by atomic mass is 9.64. The van der Waals surface area contributed by atoms with Crippen molar-refractivity contribution in [2.45, 2.75) is 70.1 Å². The number of amides is 1. The molecule has 27 heavy (non-hydrogen) atoms. The van der Waals surface area contributed by atoms with E-state index in [1.807, 2.05) is 6.92 Å². The van der Waals surface area contributed by atoms with Crippen LogP contribution in [-0.2, 0) is 6.42 Å². The average Bonchev–Trinajstić information content (AvgIpc) is 3.24. The van der Waals surface area contributed by atoms with Crippen molar-refractivity contribution in [3.8, 4) is 0 Å². The zero-order valence-electron chi connectivity index (χ0n) is 16.0. The number of fused-ring (bicyclic) bond motifs is 1. The van der Waals surface area contributed by atoms with E-state index in [-0.39, 0.29) is 17.4 Å². The third kappa shape index (κ3) is 2.66. The van der Waals surface area contributed by atoms with E-state index in [9.17, 15) is 4.79 Å². The number of rotatable bonds is 3. The van der Waals surface area contributed by atoms with Crippen LogP contribution in [0, 0.1) is 12.3 Å². The van der Waals surface area contributed by atoms with Crippen LogP contribution in [0.2, 0.25) is 0 Å². The molecule has 0 spiro atoms. The monoisotopic (exact) mass is 381 g/mol. The fourth-order valence-electron chi connectivity index (χ4n) is 5.89. The van der Waals surface area contributed by atoms with Gasteiger partial charge in [-0.2, -0.15) is 0 Å². The zero-order chi connectivity index (χ0) is 18.6. The SMILES string of the molecule is Cc1ncsc1C(=O)N1[C@@H](Cc2ccccc2)[C@@H]2C[C@@]3(C)[C@H](CCC[C@@H]13)N2. The van der Waals surface area contributed by atoms with Crippen molar-refractivity contribution in [3.05, 3.63) is 52.0 Å². The number of carbonyl (C=O) groups is 1. The summed E-state index contributed by atoms with van der Waals surface area (Å²) in [4.78, 5) is 21.2. The second-order valence-electron chi connectivity index (χ2n) is 8.72. The lowest BCUT2D eigenvalue weighted by Crippen LogP contribution is -2.62. The highest BCUT2D eigenvalue weighted by Crippen LogP contribution is 2.52. The minimum absolute atomic E-state index is 0.196. The highest BCUT2D eigenvalue weighted by atomic mass is 32.1. The number of aromatic nitrogens is 1. The first-order valence-corrected chi connectivity index (χ1v) is 11.0. The fraction of sp³-hybridized carbons (Fsp3) is 0.545. The van der Waals surface area contributed by atoms with Gasteiger partial charge >= 0.3 is 0 Å². The van der Waals surface area contributed by atoms with Crippen molar-refractivity contribution in [1.29, 1.82) is 0 Å². The van der Waals surface area contributed by atoms with Crippen LogP contribution in [-0.4, -0.2) is 40.0 Å². The number of likely N-dealkylation sites (tertiary alicyclic amines) is 1. The zero-order valence-corrected chi connectivity index (χ0v) is 16.8. The Bertz CT molecular complexity index is 850. The molecule has 3 heterocycles. The maximum atomic E-state index is 13.7. The molecule has 142 valence electrons. The number of piperidine rings is 1. The standard InChI is InChI=1S/C22H27N3OS/c1-14-20(27-13-23-14)21(26)25-17(11-15-7-4-3-5-8-15)16-12-22(2)18(24-16)9-6-10-19(22)25/h3-5,7-8,13,16-19,24H,6,9-12H2,1-2H3/t16-,17-,18-,19+,22-/m0/s1. The number of hydrogen-bond acceptors (Lipinski definition) is 4. The van der Waals surface area contributed by atoms with Crippen LogP contribution in [0.15, 0.2) is 35.8 Å². The highest BCUT2D eigenvalue weighted by molar-refractivity contribution is 7.11. The van der Waals surface area contributed by atoms with Gasteiger partial charge in [0.15, 0.2) is 0 Å². The lowest BCUT2D eigenvalue weighted by molar-refractivity contribution is -0.0108. The summed E-state index contributed by atoms with van der Waals surface area (Å²) in [7, 11) is 0. The molecule has 2 aromatic rings. The Morgan fingerprint density at radius 3 is 2.89 bits per heavy atom. The van der Waals surface area contributed by atoms with Crippen LogP contribution in [0.3, 0.4) is 0 Å². The molecule has 1 aromatic carbocycles. The van der Waals surface area contributed by atoms with Gasteiger partial charge in [0.05, 0.1) is 17.2 Å². The van der Waals surface area contributed by atoms with Crippen LogP contribution in [0.1, 0.15) is 53.5 Å². The first-order chi connectivity index (χ1) is 13.1. The van der Waals surface area contributed by atoms with Gasteiger partial charge in [-0.25, -0.2) is 4.98 Å². The molecule has 2 aliphatic heterocycles. The smallest absolute Gasteiger partial charge is 0.266 e. The molecule has 0 radical (unpaired) electrons. The Kier molecular flexibility index (Phi) is 4.13. The molecule has 1 aliphatic carbocycles. The number of aryl methyl sites for hydroxylation is 1. The summed E-state index contributed by atoms with van der Waals surface area (Å²) in [6, 6.07) is 12.1. The lowest BCUT2D eigenvalue weighted by Gasteiger charge is -2.53. The van der Waals surface area contributed by atoms with E-state index in [1.54, 1.807) is 5.51 Å². The largest absolute Gasteiger partial charge is 0.329 e. The van der Waals surface area contributed by atoms with Gasteiger partial charge in [0.1, 0.15) is 4.88 Å². The number of benzene rings is 1. The Hall–Kier alpha value is -1.72. The normalized spacial score (nSPS) is 34.7. The Labute approximate surface area is 165 Å². The van der Waals surface area contributed by atoms with Crippen molar-refractivity contribution in [2.75, 3.05) is 0 Å². The molecule has 5 atom stereocenters. The Morgan fingerprint density at radius 2 is 2.15 bits per heavy atom. The summed E-state index contributed by atoms with van der Waals surface area (Å²) in [5.74, 6) is 0.196. The molecule has 4 nitrogen and oxygen atoms in total. The van der Waals surface area contributed by atoms with Gasteiger partial charge in [-0.15, -0.1) is 11.3 Å². The molecule has 5 heteroatoms. The predicted octanol–water partition coefficient (Wildman–Crippen LogP) is 3.81. The van der Waals surface area contributed by atoms with Gasteiger partial charge in [-0.3, -0.25) is 4.79 Å². The summed E-state index contributed by atoms with van der Waals surface area (Å²) < 4.78 is 0. The van der Waals surface area contributed by atoms with E-state index >= 15 is 0 Å². The van der Waals surface area contributed by atoms with Gasteiger partial charge in [0.2, 0.25) is 0 Å². The second-order valence-corrected chi connectivity index (χ2v) is 9.57. The Balaban J connectivity index is 1.56. The van der Waals surface area contributed by atoms with Crippen molar-refractivity contribution in [2.24, 2.45) is 5.41 Å². The fourth-order valence-corrected chi connectivity index (χ4v) is 6.64. The predicted molar refractivity (Wildman–Crippen MR) is 108 cm³/mol. The number of nitrogens with one attached hydrogen (secondary N) is 1. The van der Waals surface area contributed by atoms with Crippen molar-refractivity contribution >= 4 is 17.2 Å². The molecule has 1 amide bonds. The average molecular weight is 382 g/mol. The molecule has 1 saturated carbocycles. The van der Waals surface area contributed by atoms with Crippen molar-refractivity contribution < 1.29 is 4.79 Å². The summed E-state index contributed by atoms with van der Waals surface area (Å²) in [6.07, 6.45) is 5.67. The maximum absolute atomic E-state index is 13.7. The van der Waals surface area contributed by atoms with Gasteiger partial charge in [0, 0.05) is 23.5 Å². The molecule has 3 fully saturated rings. The maximum Gasteiger partial charge on any atom is 0.266 e. The molecule has 5 rings (SSSR count). The first kappa shape index (κ1) is 17.4. The molecular formula is C22H27N3OS. The molecular weight excluding hydrogens is 354 g/mol. The Morgan fingerprint density at radius 1 is 1.33 bits per heavy atom. The van der Waals surface area contributed by atoms with Crippen LogP contribution < -0.4 is 5.32 Å². The van der Waals surface area contributed by atoms with E-state index in [4.69, 9.17) is 0 Å². The van der Waals surface area contributed by atoms with Gasteiger partial charge < -0.3 is 10.2 Å². The van der Waals surface area contributed by atoms with Crippen LogP contribution in [0.5, 0.6) is 0 Å². The molecule has 1 aromatic heterocycles. The van der Waals surface area contributed by atoms with Crippen LogP contribution >= 0.6 is 11.3 Å². The van der Waals surface area contributed by atoms with Gasteiger partial charge in [-0.1, -0.05) is 37.3 Å². The summed E-state index contributed by atoms with van der Waals surface area (Å²) in [6.45, 7) is 4.37.